The van der Waals surface area contributed by atoms with E-state index in [2.05, 4.69) is 10.3 Å². The largest absolute Gasteiger partial charge is 0.302 e. The normalized spacial score (nSPS) is 16.8. The van der Waals surface area contributed by atoms with Crippen molar-refractivity contribution in [3.05, 3.63) is 53.3 Å². The Bertz CT molecular complexity index is 1090. The van der Waals surface area contributed by atoms with Gasteiger partial charge in [0.2, 0.25) is 5.91 Å². The quantitative estimate of drug-likeness (QED) is 0.665. The molecule has 1 unspecified atom stereocenters. The molecule has 1 aliphatic rings. The van der Waals surface area contributed by atoms with Gasteiger partial charge in [-0.2, -0.15) is 0 Å². The summed E-state index contributed by atoms with van der Waals surface area (Å²) in [5, 5.41) is 3.57. The zero-order chi connectivity index (χ0) is 20.5. The van der Waals surface area contributed by atoms with Crippen molar-refractivity contribution < 1.29 is 13.4 Å². The van der Waals surface area contributed by atoms with Gasteiger partial charge in [0.25, 0.3) is 0 Å². The molecule has 29 heavy (non-hydrogen) atoms. The van der Waals surface area contributed by atoms with Crippen LogP contribution in [0.25, 0.3) is 10.2 Å². The predicted octanol–water partition coefficient (Wildman–Crippen LogP) is 4.43. The highest BCUT2D eigenvalue weighted by Gasteiger charge is 2.29. The van der Waals surface area contributed by atoms with E-state index < -0.39 is 11.0 Å². The van der Waals surface area contributed by atoms with Crippen molar-refractivity contribution in [1.82, 2.24) is 9.29 Å². The number of benzene rings is 2. The van der Waals surface area contributed by atoms with E-state index in [1.165, 1.54) is 23.5 Å². The summed E-state index contributed by atoms with van der Waals surface area (Å²) < 4.78 is 29.0. The van der Waals surface area contributed by atoms with Crippen molar-refractivity contribution in [2.75, 3.05) is 18.4 Å². The SMILES string of the molecule is Cc1cc(F)ccc1S(=O)N1CCC(C(=O)Nc2nc3c(C)cccc3s2)CC1. The summed E-state index contributed by atoms with van der Waals surface area (Å²) in [6.45, 7) is 4.88. The van der Waals surface area contributed by atoms with E-state index in [1.54, 1.807) is 13.0 Å². The van der Waals surface area contributed by atoms with Gasteiger partial charge in [0.15, 0.2) is 5.13 Å². The lowest BCUT2D eigenvalue weighted by Crippen LogP contribution is -2.39. The Morgan fingerprint density at radius 3 is 2.66 bits per heavy atom. The molecular weight excluding hydrogens is 409 g/mol. The molecule has 5 nitrogen and oxygen atoms in total. The van der Waals surface area contributed by atoms with E-state index in [0.717, 1.165) is 15.8 Å². The number of amides is 1. The third kappa shape index (κ3) is 4.24. The smallest absolute Gasteiger partial charge is 0.229 e. The lowest BCUT2D eigenvalue weighted by molar-refractivity contribution is -0.120. The van der Waals surface area contributed by atoms with Gasteiger partial charge in [0, 0.05) is 19.0 Å². The maximum Gasteiger partial charge on any atom is 0.229 e. The van der Waals surface area contributed by atoms with Crippen molar-refractivity contribution in [2.24, 2.45) is 5.92 Å². The molecule has 0 spiro atoms. The number of nitrogens with zero attached hydrogens (tertiary/aromatic N) is 2. The monoisotopic (exact) mass is 431 g/mol. The standard InChI is InChI=1S/C21H22FN3O2S2/c1-13-4-3-5-17-19(13)23-21(28-17)24-20(26)15-8-10-25(11-9-15)29(27)18-7-6-16(22)12-14(18)2/h3-7,12,15H,8-11H2,1-2H3,(H,23,24,26). The Kier molecular flexibility index (Phi) is 5.76. The number of piperidine rings is 1. The molecule has 1 fully saturated rings. The lowest BCUT2D eigenvalue weighted by atomic mass is 9.97. The van der Waals surface area contributed by atoms with Gasteiger partial charge in [-0.05, 0) is 62.1 Å². The second-order valence-electron chi connectivity index (χ2n) is 7.29. The number of hydrogen-bond acceptors (Lipinski definition) is 4. The maximum atomic E-state index is 13.3. The zero-order valence-corrected chi connectivity index (χ0v) is 17.9. The number of anilines is 1. The number of aromatic nitrogens is 1. The van der Waals surface area contributed by atoms with Gasteiger partial charge in [-0.25, -0.2) is 17.9 Å². The lowest BCUT2D eigenvalue weighted by Gasteiger charge is -2.30. The van der Waals surface area contributed by atoms with E-state index in [0.29, 0.717) is 41.5 Å². The molecule has 4 rings (SSSR count). The number of aryl methyl sites for hydroxylation is 2. The Morgan fingerprint density at radius 2 is 1.97 bits per heavy atom. The molecule has 0 bridgehead atoms. The zero-order valence-electron chi connectivity index (χ0n) is 16.3. The summed E-state index contributed by atoms with van der Waals surface area (Å²) in [4.78, 5) is 17.9. The van der Waals surface area contributed by atoms with Crippen LogP contribution in [0.3, 0.4) is 0 Å². The fourth-order valence-electron chi connectivity index (χ4n) is 3.58. The van der Waals surface area contributed by atoms with Gasteiger partial charge < -0.3 is 5.32 Å². The van der Waals surface area contributed by atoms with Crippen LogP contribution in [0, 0.1) is 25.6 Å². The average molecular weight is 432 g/mol. The highest BCUT2D eigenvalue weighted by atomic mass is 32.2. The first kappa shape index (κ1) is 20.1. The Balaban J connectivity index is 1.38. The maximum absolute atomic E-state index is 13.3. The van der Waals surface area contributed by atoms with Gasteiger partial charge in [-0.3, -0.25) is 4.79 Å². The minimum atomic E-state index is -1.34. The van der Waals surface area contributed by atoms with E-state index in [9.17, 15) is 13.4 Å². The summed E-state index contributed by atoms with van der Waals surface area (Å²) in [6, 6.07) is 10.3. The first-order valence-corrected chi connectivity index (χ1v) is 11.4. The van der Waals surface area contributed by atoms with Crippen LogP contribution in [-0.4, -0.2) is 32.5 Å². The molecule has 1 amide bonds. The van der Waals surface area contributed by atoms with E-state index in [-0.39, 0.29) is 17.6 Å². The third-order valence-electron chi connectivity index (χ3n) is 5.24. The molecule has 1 aliphatic heterocycles. The van der Waals surface area contributed by atoms with Crippen LogP contribution in [0.4, 0.5) is 9.52 Å². The second-order valence-corrected chi connectivity index (χ2v) is 9.78. The molecule has 3 aromatic rings. The molecule has 8 heteroatoms. The first-order chi connectivity index (χ1) is 13.9. The van der Waals surface area contributed by atoms with Gasteiger partial charge in [-0.15, -0.1) is 0 Å². The van der Waals surface area contributed by atoms with E-state index in [1.807, 2.05) is 29.4 Å². The molecule has 0 aliphatic carbocycles. The molecule has 0 saturated carbocycles. The van der Waals surface area contributed by atoms with Crippen molar-refractivity contribution in [3.63, 3.8) is 0 Å². The summed E-state index contributed by atoms with van der Waals surface area (Å²) in [5.74, 6) is -0.501. The topological polar surface area (TPSA) is 62.3 Å². The molecule has 0 radical (unpaired) electrons. The van der Waals surface area contributed by atoms with Crippen molar-refractivity contribution in [2.45, 2.75) is 31.6 Å². The number of carbonyl (C=O) groups is 1. The van der Waals surface area contributed by atoms with Crippen LogP contribution in [-0.2, 0) is 15.8 Å². The number of thiazole rings is 1. The van der Waals surface area contributed by atoms with E-state index >= 15 is 0 Å². The molecule has 1 N–H and O–H groups in total. The van der Waals surface area contributed by atoms with Crippen LogP contribution in [0.15, 0.2) is 41.3 Å². The minimum absolute atomic E-state index is 0.0369. The van der Waals surface area contributed by atoms with Crippen LogP contribution in [0.1, 0.15) is 24.0 Å². The molecule has 1 aromatic heterocycles. The summed E-state index contributed by atoms with van der Waals surface area (Å²) in [6.07, 6.45) is 1.25. The van der Waals surface area contributed by atoms with Gasteiger partial charge in [-0.1, -0.05) is 23.5 Å². The number of para-hydroxylation sites is 1. The van der Waals surface area contributed by atoms with Crippen LogP contribution >= 0.6 is 11.3 Å². The first-order valence-electron chi connectivity index (χ1n) is 9.52. The van der Waals surface area contributed by atoms with Crippen molar-refractivity contribution in [1.29, 1.82) is 0 Å². The number of fused-ring (bicyclic) bond motifs is 1. The Morgan fingerprint density at radius 1 is 1.21 bits per heavy atom. The number of rotatable bonds is 4. The van der Waals surface area contributed by atoms with E-state index in [4.69, 9.17) is 0 Å². The van der Waals surface area contributed by atoms with Crippen LogP contribution < -0.4 is 5.32 Å². The predicted molar refractivity (Wildman–Crippen MR) is 115 cm³/mol. The Hall–Kier alpha value is -2.16. The summed E-state index contributed by atoms with van der Waals surface area (Å²) >= 11 is 1.48. The van der Waals surface area contributed by atoms with Crippen molar-refractivity contribution >= 4 is 43.6 Å². The average Bonchev–Trinajstić information content (AvgIpc) is 3.11. The number of nitrogens with one attached hydrogen (secondary N) is 1. The molecule has 2 aromatic carbocycles. The molecular formula is C21H22FN3O2S2. The number of halogens is 1. The minimum Gasteiger partial charge on any atom is -0.302 e. The van der Waals surface area contributed by atoms with Crippen LogP contribution in [0.2, 0.25) is 0 Å². The fourth-order valence-corrected chi connectivity index (χ4v) is 5.86. The third-order valence-corrected chi connectivity index (χ3v) is 7.84. The highest BCUT2D eigenvalue weighted by molar-refractivity contribution is 7.82. The Labute approximate surface area is 175 Å². The summed E-state index contributed by atoms with van der Waals surface area (Å²) in [7, 11) is -1.34. The fraction of sp³-hybridized carbons (Fsp3) is 0.333. The highest BCUT2D eigenvalue weighted by Crippen LogP contribution is 2.29. The van der Waals surface area contributed by atoms with Gasteiger partial charge in [0.1, 0.15) is 16.8 Å². The second kappa shape index (κ2) is 8.30. The molecule has 1 saturated heterocycles. The molecule has 2 heterocycles. The van der Waals surface area contributed by atoms with Crippen molar-refractivity contribution in [3.8, 4) is 0 Å². The molecule has 152 valence electrons. The number of carbonyl (C=O) groups excluding carboxylic acids is 1. The molecule has 1 atom stereocenters. The summed E-state index contributed by atoms with van der Waals surface area (Å²) in [5.41, 5.74) is 2.69. The number of hydrogen-bond donors (Lipinski definition) is 1. The van der Waals surface area contributed by atoms with Gasteiger partial charge in [0.05, 0.1) is 15.1 Å². The van der Waals surface area contributed by atoms with Gasteiger partial charge >= 0.3 is 0 Å². The van der Waals surface area contributed by atoms with Crippen LogP contribution in [0.5, 0.6) is 0 Å².